The summed E-state index contributed by atoms with van der Waals surface area (Å²) in [4.78, 5) is 0. The SMILES string of the molecule is CC(N)C1(c2cc(C(C)(C)CC(C)(C)C)ccc2O)CC1. The van der Waals surface area contributed by atoms with Gasteiger partial charge in [0.2, 0.25) is 0 Å². The van der Waals surface area contributed by atoms with Gasteiger partial charge in [-0.25, -0.2) is 0 Å². The van der Waals surface area contributed by atoms with Crippen LogP contribution in [0.25, 0.3) is 0 Å². The highest BCUT2D eigenvalue weighted by Gasteiger charge is 2.49. The molecule has 1 fully saturated rings. The van der Waals surface area contributed by atoms with E-state index < -0.39 is 0 Å². The molecule has 2 heteroatoms. The van der Waals surface area contributed by atoms with Gasteiger partial charge in [0.15, 0.2) is 0 Å². The highest BCUT2D eigenvalue weighted by atomic mass is 16.3. The first kappa shape index (κ1) is 16.4. The summed E-state index contributed by atoms with van der Waals surface area (Å²) in [6.45, 7) is 13.5. The van der Waals surface area contributed by atoms with E-state index in [1.165, 1.54) is 5.56 Å². The van der Waals surface area contributed by atoms with Crippen LogP contribution < -0.4 is 5.73 Å². The molecule has 0 bridgehead atoms. The normalized spacial score (nSPS) is 19.4. The molecule has 1 aliphatic rings. The summed E-state index contributed by atoms with van der Waals surface area (Å²) < 4.78 is 0. The Labute approximate surface area is 129 Å². The minimum absolute atomic E-state index is 0.00208. The summed E-state index contributed by atoms with van der Waals surface area (Å²) in [6.07, 6.45) is 3.28. The van der Waals surface area contributed by atoms with Gasteiger partial charge in [-0.15, -0.1) is 0 Å². The fraction of sp³-hybridized carbons (Fsp3) is 0.684. The van der Waals surface area contributed by atoms with E-state index in [4.69, 9.17) is 5.73 Å². The molecule has 0 aromatic heterocycles. The molecule has 1 aliphatic carbocycles. The number of phenolic OH excluding ortho intramolecular Hbond substituents is 1. The number of hydrogen-bond donors (Lipinski definition) is 2. The minimum Gasteiger partial charge on any atom is -0.508 e. The van der Waals surface area contributed by atoms with Crippen molar-refractivity contribution in [2.75, 3.05) is 0 Å². The topological polar surface area (TPSA) is 46.2 Å². The Morgan fingerprint density at radius 2 is 1.76 bits per heavy atom. The molecule has 0 radical (unpaired) electrons. The van der Waals surface area contributed by atoms with E-state index in [0.29, 0.717) is 5.75 Å². The zero-order chi connectivity index (χ0) is 16.1. The second-order valence-corrected chi connectivity index (χ2v) is 8.80. The number of aromatic hydroxyl groups is 1. The summed E-state index contributed by atoms with van der Waals surface area (Å²) in [5.41, 5.74) is 8.91. The molecule has 1 aromatic carbocycles. The van der Waals surface area contributed by atoms with Crippen molar-refractivity contribution in [2.45, 2.75) is 77.7 Å². The zero-order valence-corrected chi connectivity index (χ0v) is 14.5. The molecule has 0 saturated heterocycles. The van der Waals surface area contributed by atoms with Crippen LogP contribution in [0.5, 0.6) is 5.75 Å². The molecule has 0 aliphatic heterocycles. The molecule has 0 spiro atoms. The lowest BCUT2D eigenvalue weighted by Crippen LogP contribution is -2.32. The molecule has 0 heterocycles. The van der Waals surface area contributed by atoms with Crippen LogP contribution in [0.15, 0.2) is 18.2 Å². The van der Waals surface area contributed by atoms with E-state index in [9.17, 15) is 5.11 Å². The number of nitrogens with two attached hydrogens (primary N) is 1. The lowest BCUT2D eigenvalue weighted by molar-refractivity contribution is 0.283. The standard InChI is InChI=1S/C19H31NO/c1-13(20)19(9-10-19)15-11-14(7-8-16(15)21)18(5,6)12-17(2,3)4/h7-8,11,13,21H,9-10,12,20H2,1-6H3. The van der Waals surface area contributed by atoms with Gasteiger partial charge in [-0.1, -0.05) is 46.8 Å². The van der Waals surface area contributed by atoms with Crippen LogP contribution in [-0.2, 0) is 10.8 Å². The van der Waals surface area contributed by atoms with Crippen molar-refractivity contribution in [3.63, 3.8) is 0 Å². The van der Waals surface area contributed by atoms with Crippen molar-refractivity contribution in [1.29, 1.82) is 0 Å². The molecule has 3 N–H and O–H groups in total. The fourth-order valence-corrected chi connectivity index (χ4v) is 3.89. The zero-order valence-electron chi connectivity index (χ0n) is 14.5. The maximum atomic E-state index is 10.3. The van der Waals surface area contributed by atoms with Crippen molar-refractivity contribution in [3.8, 4) is 5.75 Å². The van der Waals surface area contributed by atoms with Crippen LogP contribution >= 0.6 is 0 Å². The molecular weight excluding hydrogens is 258 g/mol. The van der Waals surface area contributed by atoms with E-state index in [1.807, 2.05) is 6.07 Å². The van der Waals surface area contributed by atoms with Crippen LogP contribution in [0.1, 0.15) is 71.9 Å². The Hall–Kier alpha value is -1.02. The Morgan fingerprint density at radius 3 is 2.19 bits per heavy atom. The van der Waals surface area contributed by atoms with E-state index in [1.54, 1.807) is 0 Å². The average molecular weight is 289 g/mol. The van der Waals surface area contributed by atoms with Crippen LogP contribution in [-0.4, -0.2) is 11.1 Å². The summed E-state index contributed by atoms with van der Waals surface area (Å²) in [7, 11) is 0. The number of phenols is 1. The second kappa shape index (κ2) is 5.01. The van der Waals surface area contributed by atoms with E-state index in [2.05, 4.69) is 53.7 Å². The third-order valence-corrected chi connectivity index (χ3v) is 4.95. The van der Waals surface area contributed by atoms with Gasteiger partial charge in [0.25, 0.3) is 0 Å². The molecule has 21 heavy (non-hydrogen) atoms. The molecule has 2 nitrogen and oxygen atoms in total. The molecular formula is C19H31NO. The Bertz CT molecular complexity index is 519. The smallest absolute Gasteiger partial charge is 0.119 e. The van der Waals surface area contributed by atoms with Crippen molar-refractivity contribution >= 4 is 0 Å². The first-order valence-electron chi connectivity index (χ1n) is 8.08. The van der Waals surface area contributed by atoms with Crippen molar-refractivity contribution < 1.29 is 5.11 Å². The van der Waals surface area contributed by atoms with Crippen LogP contribution in [0.2, 0.25) is 0 Å². The first-order chi connectivity index (χ1) is 9.48. The Balaban J connectivity index is 2.40. The van der Waals surface area contributed by atoms with Crippen molar-refractivity contribution in [1.82, 2.24) is 0 Å². The van der Waals surface area contributed by atoms with Gasteiger partial charge in [-0.05, 0) is 48.6 Å². The minimum atomic E-state index is -0.00208. The first-order valence-corrected chi connectivity index (χ1v) is 8.08. The summed E-state index contributed by atoms with van der Waals surface area (Å²) in [6, 6.07) is 6.22. The number of benzene rings is 1. The molecule has 1 aromatic rings. The summed E-state index contributed by atoms with van der Waals surface area (Å²) >= 11 is 0. The molecule has 118 valence electrons. The predicted octanol–water partition coefficient (Wildman–Crippen LogP) is 4.48. The molecule has 2 rings (SSSR count). The summed E-state index contributed by atoms with van der Waals surface area (Å²) in [5.74, 6) is 0.403. The fourth-order valence-electron chi connectivity index (χ4n) is 3.89. The Morgan fingerprint density at radius 1 is 1.19 bits per heavy atom. The predicted molar refractivity (Wildman–Crippen MR) is 89.8 cm³/mol. The van der Waals surface area contributed by atoms with Gasteiger partial charge in [-0.2, -0.15) is 0 Å². The number of hydrogen-bond acceptors (Lipinski definition) is 2. The van der Waals surface area contributed by atoms with Gasteiger partial charge in [0.1, 0.15) is 5.75 Å². The van der Waals surface area contributed by atoms with E-state index in [0.717, 1.165) is 24.8 Å². The number of rotatable bonds is 4. The van der Waals surface area contributed by atoms with Crippen LogP contribution in [0, 0.1) is 5.41 Å². The van der Waals surface area contributed by atoms with E-state index in [-0.39, 0.29) is 22.3 Å². The van der Waals surface area contributed by atoms with Crippen molar-refractivity contribution in [3.05, 3.63) is 29.3 Å². The van der Waals surface area contributed by atoms with Crippen LogP contribution in [0.4, 0.5) is 0 Å². The monoisotopic (exact) mass is 289 g/mol. The molecule has 0 amide bonds. The third kappa shape index (κ3) is 3.26. The maximum absolute atomic E-state index is 10.3. The molecule has 1 atom stereocenters. The Kier molecular flexibility index (Phi) is 3.90. The van der Waals surface area contributed by atoms with Gasteiger partial charge in [0.05, 0.1) is 0 Å². The quantitative estimate of drug-likeness (QED) is 0.858. The summed E-state index contributed by atoms with van der Waals surface area (Å²) in [5, 5.41) is 10.3. The van der Waals surface area contributed by atoms with Gasteiger partial charge >= 0.3 is 0 Å². The van der Waals surface area contributed by atoms with Crippen LogP contribution in [0.3, 0.4) is 0 Å². The lowest BCUT2D eigenvalue weighted by atomic mass is 9.71. The van der Waals surface area contributed by atoms with Gasteiger partial charge in [0, 0.05) is 17.0 Å². The highest BCUT2D eigenvalue weighted by molar-refractivity contribution is 5.47. The van der Waals surface area contributed by atoms with Gasteiger partial charge < -0.3 is 10.8 Å². The lowest BCUT2D eigenvalue weighted by Gasteiger charge is -2.34. The third-order valence-electron chi connectivity index (χ3n) is 4.95. The highest BCUT2D eigenvalue weighted by Crippen LogP contribution is 2.53. The van der Waals surface area contributed by atoms with Crippen molar-refractivity contribution in [2.24, 2.45) is 11.1 Å². The van der Waals surface area contributed by atoms with Gasteiger partial charge in [-0.3, -0.25) is 0 Å². The maximum Gasteiger partial charge on any atom is 0.119 e. The average Bonchev–Trinajstić information content (AvgIpc) is 3.07. The van der Waals surface area contributed by atoms with E-state index >= 15 is 0 Å². The molecule has 1 unspecified atom stereocenters. The molecule has 1 saturated carbocycles. The second-order valence-electron chi connectivity index (χ2n) is 8.80. The largest absolute Gasteiger partial charge is 0.508 e.